The van der Waals surface area contributed by atoms with Crippen LogP contribution in [0.3, 0.4) is 0 Å². The summed E-state index contributed by atoms with van der Waals surface area (Å²) in [6.07, 6.45) is 0.907. The molecule has 0 radical (unpaired) electrons. The molecule has 0 saturated heterocycles. The van der Waals surface area contributed by atoms with Gasteiger partial charge in [-0.05, 0) is 40.9 Å². The fraction of sp³-hybridized carbons (Fsp3) is 0.455. The van der Waals surface area contributed by atoms with E-state index in [-0.39, 0.29) is 12.4 Å². The number of rotatable bonds is 7. The van der Waals surface area contributed by atoms with Crippen LogP contribution in [0.2, 0.25) is 0 Å². The van der Waals surface area contributed by atoms with Gasteiger partial charge in [0.2, 0.25) is 10.0 Å². The molecule has 0 bridgehead atoms. The second-order valence-electron chi connectivity index (χ2n) is 3.70. The molecule has 0 amide bonds. The molecule has 0 saturated carbocycles. The molecule has 0 aliphatic rings. The summed E-state index contributed by atoms with van der Waals surface area (Å²) in [6.45, 7) is 0.00161. The number of ether oxygens (including phenoxy) is 1. The molecule has 2 N–H and O–H groups in total. The molecule has 0 unspecified atom stereocenters. The van der Waals surface area contributed by atoms with Gasteiger partial charge in [0.25, 0.3) is 0 Å². The van der Waals surface area contributed by atoms with Crippen LogP contribution in [0.5, 0.6) is 5.75 Å². The van der Waals surface area contributed by atoms with Crippen molar-refractivity contribution in [2.45, 2.75) is 12.8 Å². The predicted molar refractivity (Wildman–Crippen MR) is 74.4 cm³/mol. The summed E-state index contributed by atoms with van der Waals surface area (Å²) in [6, 6.07) is 4.97. The number of anilines is 1. The number of aliphatic hydroxyl groups is 1. The first kappa shape index (κ1) is 15.3. The van der Waals surface area contributed by atoms with Crippen molar-refractivity contribution < 1.29 is 18.3 Å². The number of halogens is 1. The summed E-state index contributed by atoms with van der Waals surface area (Å²) < 4.78 is 31.7. The van der Waals surface area contributed by atoms with Gasteiger partial charge in [0.1, 0.15) is 5.75 Å². The number of methoxy groups -OCH3 is 1. The second-order valence-corrected chi connectivity index (χ2v) is 6.40. The molecule has 102 valence electrons. The molecular formula is C11H16BrNO4S. The van der Waals surface area contributed by atoms with E-state index < -0.39 is 10.0 Å². The first-order valence-electron chi connectivity index (χ1n) is 5.43. The standard InChI is InChI=1S/C11H16BrNO4S/c1-17-11-8-9(4-5-10(11)12)13-18(15,16)7-3-2-6-14/h4-5,8,13-14H,2-3,6-7H2,1H3. The van der Waals surface area contributed by atoms with Gasteiger partial charge in [-0.2, -0.15) is 0 Å². The quantitative estimate of drug-likeness (QED) is 0.746. The molecule has 0 aliphatic heterocycles. The lowest BCUT2D eigenvalue weighted by molar-refractivity contribution is 0.287. The Morgan fingerprint density at radius 2 is 2.11 bits per heavy atom. The molecule has 0 aromatic heterocycles. The summed E-state index contributed by atoms with van der Waals surface area (Å²) in [4.78, 5) is 0. The van der Waals surface area contributed by atoms with Crippen molar-refractivity contribution in [3.8, 4) is 5.75 Å². The molecular weight excluding hydrogens is 322 g/mol. The zero-order valence-corrected chi connectivity index (χ0v) is 12.4. The van der Waals surface area contributed by atoms with Gasteiger partial charge in [0.15, 0.2) is 0 Å². The molecule has 0 heterocycles. The van der Waals surface area contributed by atoms with Crippen molar-refractivity contribution in [3.05, 3.63) is 22.7 Å². The van der Waals surface area contributed by atoms with Crippen LogP contribution in [0, 0.1) is 0 Å². The van der Waals surface area contributed by atoms with E-state index in [0.717, 1.165) is 4.47 Å². The number of hydrogen-bond donors (Lipinski definition) is 2. The minimum absolute atomic E-state index is 0.00161. The highest BCUT2D eigenvalue weighted by atomic mass is 79.9. The van der Waals surface area contributed by atoms with Gasteiger partial charge >= 0.3 is 0 Å². The first-order valence-corrected chi connectivity index (χ1v) is 7.88. The minimum atomic E-state index is -3.38. The average molecular weight is 338 g/mol. The minimum Gasteiger partial charge on any atom is -0.495 e. The number of hydrogen-bond acceptors (Lipinski definition) is 4. The Kier molecular flexibility index (Phi) is 5.90. The van der Waals surface area contributed by atoms with Crippen molar-refractivity contribution in [2.75, 3.05) is 24.2 Å². The van der Waals surface area contributed by atoms with Gasteiger partial charge in [-0.1, -0.05) is 0 Å². The number of unbranched alkanes of at least 4 members (excludes halogenated alkanes) is 1. The summed E-state index contributed by atoms with van der Waals surface area (Å²) in [5.41, 5.74) is 0.457. The highest BCUT2D eigenvalue weighted by molar-refractivity contribution is 9.10. The van der Waals surface area contributed by atoms with E-state index in [9.17, 15) is 8.42 Å². The average Bonchev–Trinajstić information content (AvgIpc) is 2.31. The molecule has 0 atom stereocenters. The normalized spacial score (nSPS) is 11.3. The molecule has 1 aromatic rings. The smallest absolute Gasteiger partial charge is 0.232 e. The third-order valence-electron chi connectivity index (χ3n) is 2.25. The second kappa shape index (κ2) is 6.96. The van der Waals surface area contributed by atoms with Gasteiger partial charge < -0.3 is 9.84 Å². The highest BCUT2D eigenvalue weighted by Gasteiger charge is 2.11. The van der Waals surface area contributed by atoms with Crippen molar-refractivity contribution in [1.29, 1.82) is 0 Å². The predicted octanol–water partition coefficient (Wildman–Crippen LogP) is 1.97. The van der Waals surface area contributed by atoms with Crippen LogP contribution >= 0.6 is 15.9 Å². The SMILES string of the molecule is COc1cc(NS(=O)(=O)CCCCO)ccc1Br. The lowest BCUT2D eigenvalue weighted by Crippen LogP contribution is -2.17. The fourth-order valence-electron chi connectivity index (χ4n) is 1.36. The number of sulfonamides is 1. The Hall–Kier alpha value is -0.790. The number of nitrogens with one attached hydrogen (secondary N) is 1. The van der Waals surface area contributed by atoms with Crippen LogP contribution in [0.25, 0.3) is 0 Å². The molecule has 1 aromatic carbocycles. The van der Waals surface area contributed by atoms with Crippen LogP contribution in [0.1, 0.15) is 12.8 Å². The van der Waals surface area contributed by atoms with E-state index in [1.807, 2.05) is 0 Å². The van der Waals surface area contributed by atoms with E-state index in [4.69, 9.17) is 9.84 Å². The molecule has 5 nitrogen and oxygen atoms in total. The summed E-state index contributed by atoms with van der Waals surface area (Å²) >= 11 is 3.29. The van der Waals surface area contributed by atoms with Crippen LogP contribution in [-0.4, -0.2) is 33.0 Å². The maximum atomic E-state index is 11.7. The van der Waals surface area contributed by atoms with Gasteiger partial charge in [0, 0.05) is 12.7 Å². The van der Waals surface area contributed by atoms with E-state index in [1.54, 1.807) is 18.2 Å². The van der Waals surface area contributed by atoms with Gasteiger partial charge in [-0.15, -0.1) is 0 Å². The topological polar surface area (TPSA) is 75.6 Å². The van der Waals surface area contributed by atoms with Crippen molar-refractivity contribution in [3.63, 3.8) is 0 Å². The molecule has 18 heavy (non-hydrogen) atoms. The van der Waals surface area contributed by atoms with E-state index in [1.165, 1.54) is 7.11 Å². The van der Waals surface area contributed by atoms with Crippen molar-refractivity contribution in [1.82, 2.24) is 0 Å². The van der Waals surface area contributed by atoms with E-state index in [2.05, 4.69) is 20.7 Å². The third-order valence-corrected chi connectivity index (χ3v) is 4.27. The Morgan fingerprint density at radius 1 is 1.39 bits per heavy atom. The molecule has 0 spiro atoms. The van der Waals surface area contributed by atoms with Crippen LogP contribution in [0.15, 0.2) is 22.7 Å². The Balaban J connectivity index is 2.72. The Morgan fingerprint density at radius 3 is 2.72 bits per heavy atom. The molecule has 7 heteroatoms. The van der Waals surface area contributed by atoms with Crippen LogP contribution < -0.4 is 9.46 Å². The Labute approximate surface area is 115 Å². The first-order chi connectivity index (χ1) is 8.48. The Bertz CT molecular complexity index is 490. The van der Waals surface area contributed by atoms with Crippen LogP contribution in [0.4, 0.5) is 5.69 Å². The summed E-state index contributed by atoms with van der Waals surface area (Å²) in [5, 5.41) is 8.61. The van der Waals surface area contributed by atoms with E-state index >= 15 is 0 Å². The van der Waals surface area contributed by atoms with Crippen molar-refractivity contribution in [2.24, 2.45) is 0 Å². The highest BCUT2D eigenvalue weighted by Crippen LogP contribution is 2.28. The fourth-order valence-corrected chi connectivity index (χ4v) is 2.94. The summed E-state index contributed by atoms with van der Waals surface area (Å²) in [5.74, 6) is 0.553. The maximum absolute atomic E-state index is 11.7. The lowest BCUT2D eigenvalue weighted by Gasteiger charge is -2.10. The van der Waals surface area contributed by atoms with Gasteiger partial charge in [-0.25, -0.2) is 8.42 Å². The van der Waals surface area contributed by atoms with Gasteiger partial charge in [-0.3, -0.25) is 4.72 Å². The number of aliphatic hydroxyl groups excluding tert-OH is 1. The summed E-state index contributed by atoms with van der Waals surface area (Å²) in [7, 11) is -1.86. The van der Waals surface area contributed by atoms with Gasteiger partial charge in [0.05, 0.1) is 23.0 Å². The monoisotopic (exact) mass is 337 g/mol. The lowest BCUT2D eigenvalue weighted by atomic mass is 10.3. The van der Waals surface area contributed by atoms with Crippen LogP contribution in [-0.2, 0) is 10.0 Å². The maximum Gasteiger partial charge on any atom is 0.232 e. The zero-order chi connectivity index (χ0) is 13.6. The van der Waals surface area contributed by atoms with Crippen molar-refractivity contribution >= 4 is 31.6 Å². The largest absolute Gasteiger partial charge is 0.495 e. The zero-order valence-electron chi connectivity index (χ0n) is 10.0. The van der Waals surface area contributed by atoms with E-state index in [0.29, 0.717) is 24.3 Å². The molecule has 0 aliphatic carbocycles. The molecule has 1 rings (SSSR count). The third kappa shape index (κ3) is 4.83. The number of benzene rings is 1. The molecule has 0 fully saturated rings.